The summed E-state index contributed by atoms with van der Waals surface area (Å²) in [5.41, 5.74) is -1.17. The molecule has 0 bridgehead atoms. The molecule has 1 aromatic carbocycles. The van der Waals surface area contributed by atoms with Crippen molar-refractivity contribution in [1.29, 1.82) is 0 Å². The number of Topliss-reactive ketones (excluding diaryl/α,β-unsaturated/α-hetero) is 1. The Hall–Kier alpha value is -3.25. The first-order chi connectivity index (χ1) is 20.6. The fraction of sp³-hybridized carbons (Fsp3) is 0.625. The van der Waals surface area contributed by atoms with Crippen LogP contribution in [-0.4, -0.2) is 62.6 Å². The van der Waals surface area contributed by atoms with Crippen LogP contribution in [0.5, 0.6) is 0 Å². The van der Waals surface area contributed by atoms with E-state index >= 15 is 0 Å². The third-order valence-corrected chi connectivity index (χ3v) is 9.85. The second kappa shape index (κ2) is 13.4. The molecule has 0 saturated heterocycles. The molecular weight excluding hydrogens is 588 g/mol. The van der Waals surface area contributed by atoms with Gasteiger partial charge in [-0.1, -0.05) is 42.7 Å². The van der Waals surface area contributed by atoms with Crippen molar-refractivity contribution >= 4 is 33.9 Å². The Bertz CT molecular complexity index is 1380. The van der Waals surface area contributed by atoms with E-state index in [2.05, 4.69) is 10.6 Å². The molecule has 4 rings (SSSR count). The number of alkyl carbamates (subject to hydrolysis) is 1. The van der Waals surface area contributed by atoms with E-state index in [9.17, 15) is 27.6 Å². The number of benzene rings is 1. The quantitative estimate of drug-likeness (QED) is 0.277. The van der Waals surface area contributed by atoms with Crippen LogP contribution in [0.15, 0.2) is 41.3 Å². The van der Waals surface area contributed by atoms with Crippen LogP contribution < -0.4 is 10.6 Å². The standard InChI is InChI=1S/C32H44N2O9S/c1-20-13-15-23(16-14-20)44(39,40)43-22-17-24-25(18-22)28(36)34-32(29(37)41-5)19-21(32)11-9-7-6-8-10-12-26(27(24)35)33-30(38)42-31(2,3)4/h9,11,13-16,21-22,24-26H,6-8,10,12,17-19H2,1-5H3,(H,33,38)(H,34,36)/b11-9-/t21?,22-,24?,25-,26+,32-/m1/s1. The predicted molar refractivity (Wildman–Crippen MR) is 161 cm³/mol. The highest BCUT2D eigenvalue weighted by Gasteiger charge is 2.62. The van der Waals surface area contributed by atoms with Gasteiger partial charge in [0.15, 0.2) is 5.78 Å². The number of carbonyl (C=O) groups is 4. The summed E-state index contributed by atoms with van der Waals surface area (Å²) in [6, 6.07) is 5.24. The third kappa shape index (κ3) is 8.06. The number of allylic oxidation sites excluding steroid dienone is 1. The van der Waals surface area contributed by atoms with Crippen molar-refractivity contribution in [2.75, 3.05) is 7.11 Å². The van der Waals surface area contributed by atoms with Crippen molar-refractivity contribution in [2.24, 2.45) is 17.8 Å². The molecule has 2 amide bonds. The van der Waals surface area contributed by atoms with E-state index in [0.29, 0.717) is 19.3 Å². The Morgan fingerprint density at radius 1 is 1.02 bits per heavy atom. The van der Waals surface area contributed by atoms with Crippen molar-refractivity contribution in [3.05, 3.63) is 42.0 Å². The number of ketones is 1. The molecule has 1 heterocycles. The van der Waals surface area contributed by atoms with Crippen LogP contribution in [0.2, 0.25) is 0 Å². The minimum Gasteiger partial charge on any atom is -0.467 e. The van der Waals surface area contributed by atoms with E-state index in [1.165, 1.54) is 19.2 Å². The Labute approximate surface area is 259 Å². The van der Waals surface area contributed by atoms with Crippen molar-refractivity contribution < 1.29 is 41.3 Å². The second-order valence-electron chi connectivity index (χ2n) is 13.1. The number of fused-ring (bicyclic) bond motifs is 2. The number of aryl methyl sites for hydroxylation is 1. The van der Waals surface area contributed by atoms with Crippen molar-refractivity contribution in [2.45, 2.75) is 107 Å². The largest absolute Gasteiger partial charge is 0.467 e. The van der Waals surface area contributed by atoms with E-state index in [-0.39, 0.29) is 23.7 Å². The molecule has 2 unspecified atom stereocenters. The number of amides is 2. The van der Waals surface area contributed by atoms with Gasteiger partial charge in [0.2, 0.25) is 5.91 Å². The lowest BCUT2D eigenvalue weighted by Crippen LogP contribution is -2.51. The molecule has 0 radical (unpaired) electrons. The Morgan fingerprint density at radius 3 is 2.36 bits per heavy atom. The van der Waals surface area contributed by atoms with Gasteiger partial charge in [-0.05, 0) is 78.4 Å². The molecule has 1 aliphatic heterocycles. The van der Waals surface area contributed by atoms with Crippen LogP contribution in [0.3, 0.4) is 0 Å². The van der Waals surface area contributed by atoms with Gasteiger partial charge in [-0.2, -0.15) is 8.42 Å². The summed E-state index contributed by atoms with van der Waals surface area (Å²) in [5, 5.41) is 5.56. The minimum absolute atomic E-state index is 0.0324. The van der Waals surface area contributed by atoms with Crippen molar-refractivity contribution in [1.82, 2.24) is 10.6 Å². The number of methoxy groups -OCH3 is 1. The molecule has 3 aliphatic rings. The first-order valence-electron chi connectivity index (χ1n) is 15.3. The van der Waals surface area contributed by atoms with Gasteiger partial charge in [0, 0.05) is 11.8 Å². The van der Waals surface area contributed by atoms with Gasteiger partial charge in [-0.15, -0.1) is 0 Å². The number of nitrogens with one attached hydrogen (secondary N) is 2. The lowest BCUT2D eigenvalue weighted by molar-refractivity contribution is -0.147. The van der Waals surface area contributed by atoms with Crippen LogP contribution >= 0.6 is 0 Å². The van der Waals surface area contributed by atoms with Gasteiger partial charge in [0.05, 0.1) is 30.1 Å². The molecule has 242 valence electrons. The molecule has 2 saturated carbocycles. The fourth-order valence-corrected chi connectivity index (χ4v) is 7.20. The molecule has 2 aliphatic carbocycles. The number of esters is 1. The highest BCUT2D eigenvalue weighted by Crippen LogP contribution is 2.47. The van der Waals surface area contributed by atoms with Crippen LogP contribution in [-0.2, 0) is 38.2 Å². The molecule has 2 fully saturated rings. The number of hydrogen-bond acceptors (Lipinski definition) is 9. The van der Waals surface area contributed by atoms with E-state index in [1.54, 1.807) is 32.9 Å². The zero-order valence-corrected chi connectivity index (χ0v) is 26.9. The monoisotopic (exact) mass is 632 g/mol. The predicted octanol–water partition coefficient (Wildman–Crippen LogP) is 4.13. The molecule has 11 nitrogen and oxygen atoms in total. The highest BCUT2D eigenvalue weighted by molar-refractivity contribution is 7.86. The van der Waals surface area contributed by atoms with Crippen LogP contribution in [0.25, 0.3) is 0 Å². The average molecular weight is 633 g/mol. The molecule has 6 atom stereocenters. The lowest BCUT2D eigenvalue weighted by atomic mass is 9.86. The summed E-state index contributed by atoms with van der Waals surface area (Å²) in [4.78, 5) is 53.6. The van der Waals surface area contributed by atoms with E-state index < -0.39 is 69.0 Å². The first kappa shape index (κ1) is 33.6. The maximum atomic E-state index is 14.1. The summed E-state index contributed by atoms with van der Waals surface area (Å²) in [6.07, 6.45) is 5.78. The van der Waals surface area contributed by atoms with Gasteiger partial charge in [0.1, 0.15) is 11.1 Å². The summed E-state index contributed by atoms with van der Waals surface area (Å²) < 4.78 is 42.3. The number of hydrogen-bond donors (Lipinski definition) is 2. The molecule has 2 N–H and O–H groups in total. The molecule has 1 aromatic rings. The molecule has 12 heteroatoms. The fourth-order valence-electron chi connectivity index (χ4n) is 6.10. The summed E-state index contributed by atoms with van der Waals surface area (Å²) >= 11 is 0. The number of rotatable bonds is 5. The zero-order chi connectivity index (χ0) is 32.3. The number of carbonyl (C=O) groups excluding carboxylic acids is 4. The minimum atomic E-state index is -4.20. The molecule has 44 heavy (non-hydrogen) atoms. The molecule has 0 aromatic heterocycles. The van der Waals surface area contributed by atoms with Crippen LogP contribution in [0, 0.1) is 24.7 Å². The Balaban J connectivity index is 1.64. The lowest BCUT2D eigenvalue weighted by Gasteiger charge is -2.27. The maximum absolute atomic E-state index is 14.1. The summed E-state index contributed by atoms with van der Waals surface area (Å²) in [7, 11) is -2.94. The van der Waals surface area contributed by atoms with Gasteiger partial charge in [-0.3, -0.25) is 13.8 Å². The van der Waals surface area contributed by atoms with Gasteiger partial charge in [-0.25, -0.2) is 9.59 Å². The average Bonchev–Trinajstić information content (AvgIpc) is 3.47. The van der Waals surface area contributed by atoms with Gasteiger partial charge < -0.3 is 20.1 Å². The van der Waals surface area contributed by atoms with Crippen LogP contribution in [0.4, 0.5) is 4.79 Å². The molecule has 0 spiro atoms. The van der Waals surface area contributed by atoms with Crippen molar-refractivity contribution in [3.63, 3.8) is 0 Å². The smallest absolute Gasteiger partial charge is 0.408 e. The summed E-state index contributed by atoms with van der Waals surface area (Å²) in [6.45, 7) is 6.98. The van der Waals surface area contributed by atoms with E-state index in [1.807, 2.05) is 19.1 Å². The third-order valence-electron chi connectivity index (χ3n) is 8.47. The zero-order valence-electron chi connectivity index (χ0n) is 26.1. The van der Waals surface area contributed by atoms with E-state index in [0.717, 1.165) is 24.8 Å². The maximum Gasteiger partial charge on any atom is 0.408 e. The number of ether oxygens (including phenoxy) is 2. The van der Waals surface area contributed by atoms with E-state index in [4.69, 9.17) is 13.7 Å². The first-order valence-corrected chi connectivity index (χ1v) is 16.7. The summed E-state index contributed by atoms with van der Waals surface area (Å²) in [5.74, 6) is -3.77. The van der Waals surface area contributed by atoms with Gasteiger partial charge in [0.25, 0.3) is 10.1 Å². The van der Waals surface area contributed by atoms with Crippen molar-refractivity contribution in [3.8, 4) is 0 Å². The SMILES string of the molecule is COC(=O)[C@@]12CC1/C=C\CCCCC[C@H](NC(=O)OC(C)(C)C)C(=O)C1C[C@@H](OS(=O)(=O)c3ccc(C)cc3)C[C@H]1C(=O)N2. The molecular formula is C32H44N2O9S. The second-order valence-corrected chi connectivity index (χ2v) is 14.7. The normalized spacial score (nSPS) is 30.4. The van der Waals surface area contributed by atoms with Gasteiger partial charge >= 0.3 is 12.1 Å². The Morgan fingerprint density at radius 2 is 1.70 bits per heavy atom. The topological polar surface area (TPSA) is 154 Å². The highest BCUT2D eigenvalue weighted by atomic mass is 32.2. The Kier molecular flexibility index (Phi) is 10.2. The van der Waals surface area contributed by atoms with Crippen LogP contribution in [0.1, 0.15) is 77.7 Å².